The molecule has 7 heteroatoms. The molecule has 2 aromatic carbocycles. The van der Waals surface area contributed by atoms with Crippen LogP contribution in [-0.4, -0.2) is 20.7 Å². The van der Waals surface area contributed by atoms with E-state index in [1.165, 1.54) is 0 Å². The fraction of sp³-hybridized carbons (Fsp3) is 0.217. The first-order valence-corrected chi connectivity index (χ1v) is 10.1. The van der Waals surface area contributed by atoms with E-state index in [2.05, 4.69) is 16.3 Å². The average molecular weight is 419 g/mol. The summed E-state index contributed by atoms with van der Waals surface area (Å²) in [6.07, 6.45) is 5.96. The topological polar surface area (TPSA) is 80.8 Å². The molecular weight excluding hydrogens is 400 g/mol. The maximum Gasteiger partial charge on any atom is 0.345 e. The molecule has 0 spiro atoms. The summed E-state index contributed by atoms with van der Waals surface area (Å²) >= 11 is 6.04. The third-order valence-electron chi connectivity index (χ3n) is 4.97. The third-order valence-corrected chi connectivity index (χ3v) is 5.30. The molecule has 1 aliphatic rings. The predicted molar refractivity (Wildman–Crippen MR) is 114 cm³/mol. The lowest BCUT2D eigenvalue weighted by Crippen LogP contribution is -2.08. The zero-order valence-electron chi connectivity index (χ0n) is 16.2. The molecule has 0 atom stereocenters. The number of halogens is 1. The number of aryl methyl sites for hydroxylation is 1. The van der Waals surface area contributed by atoms with E-state index in [9.17, 15) is 10.1 Å². The number of hydrogen-bond acceptors (Lipinski definition) is 5. The van der Waals surface area contributed by atoms with Crippen molar-refractivity contribution in [3.63, 3.8) is 0 Å². The molecule has 0 unspecified atom stereocenters. The van der Waals surface area contributed by atoms with E-state index in [0.29, 0.717) is 27.7 Å². The van der Waals surface area contributed by atoms with Gasteiger partial charge in [0.1, 0.15) is 17.6 Å². The van der Waals surface area contributed by atoms with Crippen LogP contribution in [-0.2, 0) is 13.0 Å². The summed E-state index contributed by atoms with van der Waals surface area (Å²) in [5.41, 5.74) is 1.56. The molecule has 0 saturated heterocycles. The maximum absolute atomic E-state index is 12.3. The van der Waals surface area contributed by atoms with E-state index in [1.807, 2.05) is 4.57 Å². The van der Waals surface area contributed by atoms with E-state index >= 15 is 0 Å². The number of nitriles is 1. The van der Waals surface area contributed by atoms with Crippen LogP contribution in [0.5, 0.6) is 5.75 Å². The van der Waals surface area contributed by atoms with Crippen LogP contribution >= 0.6 is 11.6 Å². The number of ether oxygens (including phenoxy) is 1. The molecular formula is C23H19ClN4O2. The van der Waals surface area contributed by atoms with E-state index in [4.69, 9.17) is 16.3 Å². The van der Waals surface area contributed by atoms with Gasteiger partial charge in [0.05, 0.1) is 16.2 Å². The fourth-order valence-corrected chi connectivity index (χ4v) is 3.63. The Hall–Kier alpha value is -3.43. The molecule has 0 amide bonds. The number of hydrogen-bond donors (Lipinski definition) is 0. The van der Waals surface area contributed by atoms with Gasteiger partial charge in [-0.1, -0.05) is 42.3 Å². The van der Waals surface area contributed by atoms with Crippen LogP contribution in [0.3, 0.4) is 0 Å². The molecule has 0 radical (unpaired) electrons. The Kier molecular flexibility index (Phi) is 5.92. The lowest BCUT2D eigenvalue weighted by atomic mass is 10.1. The first-order valence-electron chi connectivity index (χ1n) is 9.77. The van der Waals surface area contributed by atoms with Crippen molar-refractivity contribution in [3.8, 4) is 11.8 Å². The van der Waals surface area contributed by atoms with Crippen molar-refractivity contribution < 1.29 is 9.53 Å². The second-order valence-corrected chi connectivity index (χ2v) is 7.42. The Balaban J connectivity index is 1.53. The average Bonchev–Trinajstić information content (AvgIpc) is 3.01. The van der Waals surface area contributed by atoms with Crippen LogP contribution in [0.25, 0.3) is 11.6 Å². The lowest BCUT2D eigenvalue weighted by Gasteiger charge is -2.07. The lowest BCUT2D eigenvalue weighted by molar-refractivity contribution is 0.0735. The van der Waals surface area contributed by atoms with Crippen LogP contribution in [0.1, 0.15) is 46.8 Å². The van der Waals surface area contributed by atoms with Crippen molar-refractivity contribution in [2.24, 2.45) is 0 Å². The van der Waals surface area contributed by atoms with Gasteiger partial charge in [-0.25, -0.2) is 4.79 Å². The molecule has 150 valence electrons. The molecule has 0 fully saturated rings. The van der Waals surface area contributed by atoms with Gasteiger partial charge in [0, 0.05) is 13.0 Å². The second-order valence-electron chi connectivity index (χ2n) is 7.01. The molecule has 6 nitrogen and oxygen atoms in total. The number of rotatable bonds is 4. The summed E-state index contributed by atoms with van der Waals surface area (Å²) in [6, 6.07) is 15.9. The number of carbonyl (C=O) groups excluding carboxylic acids is 1. The van der Waals surface area contributed by atoms with Gasteiger partial charge in [-0.15, -0.1) is 10.2 Å². The standard InChI is InChI=1S/C23H19ClN4O2/c24-20-7-4-3-6-19(20)23(29)30-18-11-9-16(10-12-18)14-17(15-25)22-27-26-21-8-2-1-5-13-28(21)22/h3-4,6-7,9-12,14H,1-2,5,8,13H2/b17-14+. The summed E-state index contributed by atoms with van der Waals surface area (Å²) in [5, 5.41) is 18.5. The smallest absolute Gasteiger partial charge is 0.345 e. The van der Waals surface area contributed by atoms with Crippen LogP contribution in [0.4, 0.5) is 0 Å². The van der Waals surface area contributed by atoms with Crippen LogP contribution in [0.15, 0.2) is 48.5 Å². The number of benzene rings is 2. The Morgan fingerprint density at radius 3 is 2.67 bits per heavy atom. The Morgan fingerprint density at radius 1 is 1.10 bits per heavy atom. The number of fused-ring (bicyclic) bond motifs is 1. The van der Waals surface area contributed by atoms with E-state index < -0.39 is 5.97 Å². The molecule has 0 bridgehead atoms. The molecule has 4 rings (SSSR count). The highest BCUT2D eigenvalue weighted by Gasteiger charge is 2.18. The van der Waals surface area contributed by atoms with Crippen LogP contribution in [0, 0.1) is 11.3 Å². The number of allylic oxidation sites excluding steroid dienone is 1. The highest BCUT2D eigenvalue weighted by Crippen LogP contribution is 2.23. The highest BCUT2D eigenvalue weighted by atomic mass is 35.5. The first-order chi connectivity index (χ1) is 14.7. The van der Waals surface area contributed by atoms with Gasteiger partial charge in [0.15, 0.2) is 5.82 Å². The SMILES string of the molecule is N#C/C(=C\c1ccc(OC(=O)c2ccccc2Cl)cc1)c1nnc2n1CCCCC2. The van der Waals surface area contributed by atoms with Crippen molar-refractivity contribution >= 4 is 29.2 Å². The minimum absolute atomic E-state index is 0.308. The van der Waals surface area contributed by atoms with Crippen molar-refractivity contribution in [2.45, 2.75) is 32.2 Å². The molecule has 0 aliphatic carbocycles. The molecule has 0 saturated carbocycles. The van der Waals surface area contributed by atoms with Crippen molar-refractivity contribution in [2.75, 3.05) is 0 Å². The third kappa shape index (κ3) is 4.27. The van der Waals surface area contributed by atoms with E-state index in [0.717, 1.165) is 43.6 Å². The summed E-state index contributed by atoms with van der Waals surface area (Å²) in [7, 11) is 0. The number of esters is 1. The minimum Gasteiger partial charge on any atom is -0.423 e. The monoisotopic (exact) mass is 418 g/mol. The zero-order chi connectivity index (χ0) is 20.9. The quantitative estimate of drug-likeness (QED) is 0.340. The largest absolute Gasteiger partial charge is 0.423 e. The Labute approximate surface area is 179 Å². The Morgan fingerprint density at radius 2 is 1.90 bits per heavy atom. The molecule has 2 heterocycles. The van der Waals surface area contributed by atoms with Gasteiger partial charge in [-0.05, 0) is 48.7 Å². The number of aromatic nitrogens is 3. The van der Waals surface area contributed by atoms with Gasteiger partial charge >= 0.3 is 5.97 Å². The summed E-state index contributed by atoms with van der Waals surface area (Å²) < 4.78 is 7.44. The summed E-state index contributed by atoms with van der Waals surface area (Å²) in [4.78, 5) is 12.3. The van der Waals surface area contributed by atoms with Crippen LogP contribution < -0.4 is 4.74 Å². The van der Waals surface area contributed by atoms with Crippen molar-refractivity contribution in [3.05, 3.63) is 76.3 Å². The maximum atomic E-state index is 12.3. The van der Waals surface area contributed by atoms with Gasteiger partial charge < -0.3 is 9.30 Å². The molecule has 0 N–H and O–H groups in total. The van der Waals surface area contributed by atoms with Gasteiger partial charge in [-0.3, -0.25) is 0 Å². The summed E-state index contributed by atoms with van der Waals surface area (Å²) in [6.45, 7) is 0.827. The zero-order valence-corrected chi connectivity index (χ0v) is 17.0. The number of carbonyl (C=O) groups is 1. The van der Waals surface area contributed by atoms with Gasteiger partial charge in [-0.2, -0.15) is 5.26 Å². The van der Waals surface area contributed by atoms with E-state index in [1.54, 1.807) is 54.6 Å². The van der Waals surface area contributed by atoms with Crippen molar-refractivity contribution in [1.82, 2.24) is 14.8 Å². The van der Waals surface area contributed by atoms with Crippen LogP contribution in [0.2, 0.25) is 5.02 Å². The molecule has 3 aromatic rings. The second kappa shape index (κ2) is 8.93. The Bertz CT molecular complexity index is 1140. The fourth-order valence-electron chi connectivity index (χ4n) is 3.42. The number of nitrogens with zero attached hydrogens (tertiary/aromatic N) is 4. The first kappa shape index (κ1) is 19.9. The highest BCUT2D eigenvalue weighted by molar-refractivity contribution is 6.33. The van der Waals surface area contributed by atoms with Crippen molar-refractivity contribution in [1.29, 1.82) is 5.26 Å². The van der Waals surface area contributed by atoms with Gasteiger partial charge in [0.2, 0.25) is 0 Å². The predicted octanol–water partition coefficient (Wildman–Crippen LogP) is 4.94. The van der Waals surface area contributed by atoms with E-state index in [-0.39, 0.29) is 0 Å². The normalized spacial score (nSPS) is 13.8. The molecule has 1 aromatic heterocycles. The minimum atomic E-state index is -0.521. The summed E-state index contributed by atoms with van der Waals surface area (Å²) in [5.74, 6) is 1.41. The molecule has 1 aliphatic heterocycles. The van der Waals surface area contributed by atoms with Gasteiger partial charge in [0.25, 0.3) is 0 Å². The molecule has 30 heavy (non-hydrogen) atoms.